The molecular formula is C24H20N2O3. The van der Waals surface area contributed by atoms with Crippen LogP contribution in [0.2, 0.25) is 0 Å². The highest BCUT2D eigenvalue weighted by Gasteiger charge is 2.36. The van der Waals surface area contributed by atoms with E-state index < -0.39 is 0 Å². The van der Waals surface area contributed by atoms with Crippen LogP contribution in [-0.2, 0) is 6.42 Å². The van der Waals surface area contributed by atoms with Gasteiger partial charge in [-0.25, -0.2) is 4.90 Å². The minimum Gasteiger partial charge on any atom is -0.321 e. The van der Waals surface area contributed by atoms with Gasteiger partial charge >= 0.3 is 0 Å². The van der Waals surface area contributed by atoms with Crippen molar-refractivity contribution < 1.29 is 14.4 Å². The van der Waals surface area contributed by atoms with Crippen molar-refractivity contribution in [2.75, 3.05) is 10.2 Å². The van der Waals surface area contributed by atoms with Crippen molar-refractivity contribution in [2.45, 2.75) is 20.3 Å². The molecule has 4 rings (SSSR count). The number of nitrogens with zero attached hydrogens (tertiary/aromatic N) is 1. The number of aryl methyl sites for hydroxylation is 2. The molecule has 3 aromatic rings. The van der Waals surface area contributed by atoms with E-state index >= 15 is 0 Å². The summed E-state index contributed by atoms with van der Waals surface area (Å²) >= 11 is 0. The topological polar surface area (TPSA) is 66.5 Å². The van der Waals surface area contributed by atoms with E-state index in [1.807, 2.05) is 32.0 Å². The Hall–Kier alpha value is -3.73. The fraction of sp³-hybridized carbons (Fsp3) is 0.125. The first kappa shape index (κ1) is 18.6. The zero-order valence-electron chi connectivity index (χ0n) is 16.2. The molecule has 5 heteroatoms. The van der Waals surface area contributed by atoms with E-state index in [-0.39, 0.29) is 17.7 Å². The lowest BCUT2D eigenvalue weighted by Crippen LogP contribution is -2.29. The standard InChI is InChI=1S/C24H20N2O3/c1-3-16-9-6-8-15(2)21(16)25-22(27)17-10-7-11-18(14-17)26-23(28)19-12-4-5-13-20(19)24(26)29/h4-14H,3H2,1-2H3,(H,25,27). The van der Waals surface area contributed by atoms with Crippen molar-refractivity contribution in [2.24, 2.45) is 0 Å². The van der Waals surface area contributed by atoms with Gasteiger partial charge in [0.15, 0.2) is 0 Å². The molecule has 0 unspecified atom stereocenters. The lowest BCUT2D eigenvalue weighted by Gasteiger charge is -2.16. The second-order valence-corrected chi connectivity index (χ2v) is 6.96. The highest BCUT2D eigenvalue weighted by molar-refractivity contribution is 6.34. The molecule has 1 heterocycles. The van der Waals surface area contributed by atoms with Gasteiger partial charge in [-0.05, 0) is 54.8 Å². The number of hydrogen-bond acceptors (Lipinski definition) is 3. The summed E-state index contributed by atoms with van der Waals surface area (Å²) in [5, 5.41) is 2.98. The van der Waals surface area contributed by atoms with Gasteiger partial charge in [0, 0.05) is 11.3 Å². The molecule has 3 aromatic carbocycles. The zero-order chi connectivity index (χ0) is 20.5. The van der Waals surface area contributed by atoms with Crippen molar-refractivity contribution >= 4 is 29.1 Å². The molecule has 29 heavy (non-hydrogen) atoms. The van der Waals surface area contributed by atoms with Gasteiger partial charge in [-0.15, -0.1) is 0 Å². The summed E-state index contributed by atoms with van der Waals surface area (Å²) in [6.07, 6.45) is 0.798. The van der Waals surface area contributed by atoms with Crippen LogP contribution < -0.4 is 10.2 Å². The van der Waals surface area contributed by atoms with E-state index in [1.165, 1.54) is 0 Å². The maximum Gasteiger partial charge on any atom is 0.266 e. The van der Waals surface area contributed by atoms with Crippen molar-refractivity contribution in [3.8, 4) is 0 Å². The summed E-state index contributed by atoms with van der Waals surface area (Å²) in [7, 11) is 0. The zero-order valence-corrected chi connectivity index (χ0v) is 16.2. The molecule has 0 saturated carbocycles. The highest BCUT2D eigenvalue weighted by atomic mass is 16.2. The van der Waals surface area contributed by atoms with E-state index in [2.05, 4.69) is 5.32 Å². The van der Waals surface area contributed by atoms with Crippen LogP contribution in [0.25, 0.3) is 0 Å². The number of fused-ring (bicyclic) bond motifs is 1. The summed E-state index contributed by atoms with van der Waals surface area (Å²) in [5.74, 6) is -1.04. The quantitative estimate of drug-likeness (QED) is 0.668. The molecule has 144 valence electrons. The first-order chi connectivity index (χ1) is 14.0. The van der Waals surface area contributed by atoms with E-state index in [4.69, 9.17) is 0 Å². The number of carbonyl (C=O) groups excluding carboxylic acids is 3. The number of carbonyl (C=O) groups is 3. The first-order valence-electron chi connectivity index (χ1n) is 9.49. The van der Waals surface area contributed by atoms with Crippen LogP contribution >= 0.6 is 0 Å². The van der Waals surface area contributed by atoms with E-state index in [1.54, 1.807) is 48.5 Å². The second kappa shape index (κ2) is 7.36. The number of imide groups is 1. The summed E-state index contributed by atoms with van der Waals surface area (Å²) < 4.78 is 0. The van der Waals surface area contributed by atoms with Crippen molar-refractivity contribution in [1.82, 2.24) is 0 Å². The van der Waals surface area contributed by atoms with Crippen LogP contribution in [0.15, 0.2) is 66.7 Å². The average molecular weight is 384 g/mol. The Bertz CT molecular complexity index is 1120. The van der Waals surface area contributed by atoms with Crippen LogP contribution in [0, 0.1) is 6.92 Å². The van der Waals surface area contributed by atoms with Crippen molar-refractivity contribution in [3.63, 3.8) is 0 Å². The fourth-order valence-electron chi connectivity index (χ4n) is 3.60. The Morgan fingerprint density at radius 2 is 1.55 bits per heavy atom. The number of para-hydroxylation sites is 1. The number of nitrogens with one attached hydrogen (secondary N) is 1. The maximum atomic E-state index is 12.9. The van der Waals surface area contributed by atoms with Crippen LogP contribution in [0.5, 0.6) is 0 Å². The van der Waals surface area contributed by atoms with Gasteiger partial charge in [0.25, 0.3) is 17.7 Å². The molecule has 1 aliphatic heterocycles. The normalized spacial score (nSPS) is 12.8. The van der Waals surface area contributed by atoms with Gasteiger partial charge in [0.2, 0.25) is 0 Å². The Balaban J connectivity index is 1.65. The lowest BCUT2D eigenvalue weighted by atomic mass is 10.1. The third-order valence-corrected chi connectivity index (χ3v) is 5.14. The molecule has 3 amide bonds. The molecule has 0 fully saturated rings. The number of amides is 3. The third-order valence-electron chi connectivity index (χ3n) is 5.14. The molecule has 0 aromatic heterocycles. The number of rotatable bonds is 4. The van der Waals surface area contributed by atoms with Gasteiger partial charge in [-0.1, -0.05) is 43.3 Å². The smallest absolute Gasteiger partial charge is 0.266 e. The second-order valence-electron chi connectivity index (χ2n) is 6.96. The SMILES string of the molecule is CCc1cccc(C)c1NC(=O)c1cccc(N2C(=O)c3ccccc3C2=O)c1. The maximum absolute atomic E-state index is 12.9. The molecule has 0 spiro atoms. The highest BCUT2D eigenvalue weighted by Crippen LogP contribution is 2.29. The fourth-order valence-corrected chi connectivity index (χ4v) is 3.60. The predicted molar refractivity (Wildman–Crippen MR) is 113 cm³/mol. The van der Waals surface area contributed by atoms with Gasteiger partial charge in [0.05, 0.1) is 16.8 Å². The number of anilines is 2. The van der Waals surface area contributed by atoms with E-state index in [0.717, 1.165) is 28.1 Å². The van der Waals surface area contributed by atoms with Crippen LogP contribution in [-0.4, -0.2) is 17.7 Å². The minimum atomic E-state index is -0.379. The minimum absolute atomic E-state index is 0.285. The predicted octanol–water partition coefficient (Wildman–Crippen LogP) is 4.61. The van der Waals surface area contributed by atoms with Crippen molar-refractivity contribution in [3.05, 3.63) is 94.5 Å². The monoisotopic (exact) mass is 384 g/mol. The Morgan fingerprint density at radius 3 is 2.21 bits per heavy atom. The molecule has 0 saturated heterocycles. The van der Waals surface area contributed by atoms with Gasteiger partial charge < -0.3 is 5.32 Å². The van der Waals surface area contributed by atoms with Gasteiger partial charge in [-0.3, -0.25) is 14.4 Å². The number of hydrogen-bond donors (Lipinski definition) is 1. The number of benzene rings is 3. The Morgan fingerprint density at radius 1 is 0.897 bits per heavy atom. The lowest BCUT2D eigenvalue weighted by molar-refractivity contribution is 0.0924. The summed E-state index contributed by atoms with van der Waals surface area (Å²) in [4.78, 5) is 39.4. The summed E-state index contributed by atoms with van der Waals surface area (Å²) in [5.41, 5.74) is 4.34. The first-order valence-corrected chi connectivity index (χ1v) is 9.49. The van der Waals surface area contributed by atoms with Crippen molar-refractivity contribution in [1.29, 1.82) is 0 Å². The van der Waals surface area contributed by atoms with E-state index in [0.29, 0.717) is 22.4 Å². The molecule has 0 radical (unpaired) electrons. The van der Waals surface area contributed by atoms with E-state index in [9.17, 15) is 14.4 Å². The van der Waals surface area contributed by atoms with Crippen LogP contribution in [0.4, 0.5) is 11.4 Å². The summed E-state index contributed by atoms with van der Waals surface area (Å²) in [6.45, 7) is 3.98. The molecule has 1 aliphatic rings. The van der Waals surface area contributed by atoms with Gasteiger partial charge in [-0.2, -0.15) is 0 Å². The summed E-state index contributed by atoms with van der Waals surface area (Å²) in [6, 6.07) is 19.2. The Kier molecular flexibility index (Phi) is 4.72. The average Bonchev–Trinajstić information content (AvgIpc) is 3.00. The molecule has 0 atom stereocenters. The Labute approximate surface area is 169 Å². The molecule has 0 aliphatic carbocycles. The van der Waals surface area contributed by atoms with Gasteiger partial charge in [0.1, 0.15) is 0 Å². The molecule has 0 bridgehead atoms. The molecule has 5 nitrogen and oxygen atoms in total. The van der Waals surface area contributed by atoms with Crippen LogP contribution in [0.3, 0.4) is 0 Å². The molecular weight excluding hydrogens is 364 g/mol. The van der Waals surface area contributed by atoms with Crippen LogP contribution in [0.1, 0.15) is 49.1 Å². The largest absolute Gasteiger partial charge is 0.321 e. The third kappa shape index (κ3) is 3.21. The molecule has 1 N–H and O–H groups in total.